The normalized spacial score (nSPS) is 10.5. The van der Waals surface area contributed by atoms with Gasteiger partial charge in [0.2, 0.25) is 5.91 Å². The van der Waals surface area contributed by atoms with Crippen LogP contribution in [0.15, 0.2) is 12.2 Å². The van der Waals surface area contributed by atoms with Crippen LogP contribution >= 0.6 is 0 Å². The van der Waals surface area contributed by atoms with E-state index in [1.54, 1.807) is 0 Å². The van der Waals surface area contributed by atoms with Crippen molar-refractivity contribution in [3.63, 3.8) is 0 Å². The summed E-state index contributed by atoms with van der Waals surface area (Å²) < 4.78 is 0. The van der Waals surface area contributed by atoms with E-state index < -0.39 is 0 Å². The summed E-state index contributed by atoms with van der Waals surface area (Å²) in [6.07, 6.45) is 3.45. The van der Waals surface area contributed by atoms with Gasteiger partial charge >= 0.3 is 0 Å². The summed E-state index contributed by atoms with van der Waals surface area (Å²) in [5, 5.41) is 2.95. The second kappa shape index (κ2) is 9.40. The standard InChI is InChI=1S/C13H26N2O/c1-5-7-8-9-14-13(16)11-15(6-2)10-12(3)4/h3,5-11H2,1-2,4H3,(H,14,16). The van der Waals surface area contributed by atoms with Gasteiger partial charge in [0.25, 0.3) is 0 Å². The summed E-state index contributed by atoms with van der Waals surface area (Å²) in [5.74, 6) is 0.124. The molecule has 0 aromatic carbocycles. The molecule has 0 aromatic rings. The van der Waals surface area contributed by atoms with E-state index in [2.05, 4.69) is 30.6 Å². The van der Waals surface area contributed by atoms with Crippen molar-refractivity contribution >= 4 is 5.91 Å². The molecule has 0 aliphatic heterocycles. The van der Waals surface area contributed by atoms with Gasteiger partial charge in [0.15, 0.2) is 0 Å². The molecule has 3 heteroatoms. The van der Waals surface area contributed by atoms with Gasteiger partial charge in [-0.15, -0.1) is 0 Å². The predicted molar refractivity (Wildman–Crippen MR) is 69.5 cm³/mol. The monoisotopic (exact) mass is 226 g/mol. The number of hydrogen-bond acceptors (Lipinski definition) is 2. The van der Waals surface area contributed by atoms with Crippen molar-refractivity contribution in [2.24, 2.45) is 0 Å². The molecule has 0 heterocycles. The minimum Gasteiger partial charge on any atom is -0.355 e. The van der Waals surface area contributed by atoms with Crippen molar-refractivity contribution in [2.75, 3.05) is 26.2 Å². The fraction of sp³-hybridized carbons (Fsp3) is 0.769. The van der Waals surface area contributed by atoms with Crippen LogP contribution in [0, 0.1) is 0 Å². The van der Waals surface area contributed by atoms with E-state index in [9.17, 15) is 4.79 Å². The molecule has 1 N–H and O–H groups in total. The van der Waals surface area contributed by atoms with Gasteiger partial charge in [-0.3, -0.25) is 9.69 Å². The molecule has 0 aliphatic carbocycles. The van der Waals surface area contributed by atoms with E-state index in [1.807, 2.05) is 6.92 Å². The number of likely N-dealkylation sites (N-methyl/N-ethyl adjacent to an activating group) is 1. The number of rotatable bonds is 9. The van der Waals surface area contributed by atoms with Crippen molar-refractivity contribution in [1.82, 2.24) is 10.2 Å². The summed E-state index contributed by atoms with van der Waals surface area (Å²) in [6, 6.07) is 0. The summed E-state index contributed by atoms with van der Waals surface area (Å²) >= 11 is 0. The summed E-state index contributed by atoms with van der Waals surface area (Å²) in [5.41, 5.74) is 1.10. The van der Waals surface area contributed by atoms with Crippen LogP contribution in [0.4, 0.5) is 0 Å². The highest BCUT2D eigenvalue weighted by atomic mass is 16.2. The molecule has 0 saturated carbocycles. The lowest BCUT2D eigenvalue weighted by Crippen LogP contribution is -2.38. The molecular formula is C13H26N2O. The first-order valence-corrected chi connectivity index (χ1v) is 6.23. The molecule has 94 valence electrons. The zero-order valence-corrected chi connectivity index (χ0v) is 11.0. The first-order chi connectivity index (χ1) is 7.60. The number of amides is 1. The summed E-state index contributed by atoms with van der Waals surface area (Å²) in [6.45, 7) is 13.0. The molecule has 0 spiro atoms. The Labute approximate surface area is 99.9 Å². The molecule has 0 saturated heterocycles. The molecule has 16 heavy (non-hydrogen) atoms. The molecule has 0 fully saturated rings. The lowest BCUT2D eigenvalue weighted by atomic mass is 10.2. The minimum absolute atomic E-state index is 0.124. The van der Waals surface area contributed by atoms with Crippen LogP contribution in [0.3, 0.4) is 0 Å². The molecule has 3 nitrogen and oxygen atoms in total. The van der Waals surface area contributed by atoms with E-state index in [1.165, 1.54) is 12.8 Å². The lowest BCUT2D eigenvalue weighted by molar-refractivity contribution is -0.122. The van der Waals surface area contributed by atoms with Gasteiger partial charge in [0.05, 0.1) is 6.54 Å². The van der Waals surface area contributed by atoms with Crippen molar-refractivity contribution in [1.29, 1.82) is 0 Å². The fourth-order valence-corrected chi connectivity index (χ4v) is 1.52. The number of carbonyl (C=O) groups is 1. The van der Waals surface area contributed by atoms with Gasteiger partial charge < -0.3 is 5.32 Å². The second-order valence-corrected chi connectivity index (χ2v) is 4.32. The average molecular weight is 226 g/mol. The largest absolute Gasteiger partial charge is 0.355 e. The second-order valence-electron chi connectivity index (χ2n) is 4.32. The van der Waals surface area contributed by atoms with Crippen LogP contribution in [0.2, 0.25) is 0 Å². The molecular weight excluding hydrogens is 200 g/mol. The van der Waals surface area contributed by atoms with Crippen LogP contribution in [-0.4, -0.2) is 37.0 Å². The van der Waals surface area contributed by atoms with Gasteiger partial charge in [-0.25, -0.2) is 0 Å². The molecule has 0 bridgehead atoms. The number of nitrogens with one attached hydrogen (secondary N) is 1. The van der Waals surface area contributed by atoms with Gasteiger partial charge in [-0.1, -0.05) is 38.8 Å². The summed E-state index contributed by atoms with van der Waals surface area (Å²) in [7, 11) is 0. The van der Waals surface area contributed by atoms with Gasteiger partial charge in [0.1, 0.15) is 0 Å². The smallest absolute Gasteiger partial charge is 0.234 e. The number of hydrogen-bond donors (Lipinski definition) is 1. The van der Waals surface area contributed by atoms with E-state index >= 15 is 0 Å². The lowest BCUT2D eigenvalue weighted by Gasteiger charge is -2.19. The van der Waals surface area contributed by atoms with E-state index in [0.29, 0.717) is 6.54 Å². The maximum Gasteiger partial charge on any atom is 0.234 e. The zero-order chi connectivity index (χ0) is 12.4. The highest BCUT2D eigenvalue weighted by Crippen LogP contribution is 1.95. The summed E-state index contributed by atoms with van der Waals surface area (Å²) in [4.78, 5) is 13.7. The van der Waals surface area contributed by atoms with Crippen LogP contribution in [-0.2, 0) is 4.79 Å². The molecule has 0 atom stereocenters. The molecule has 1 amide bonds. The van der Waals surface area contributed by atoms with Crippen LogP contribution < -0.4 is 5.32 Å². The first-order valence-electron chi connectivity index (χ1n) is 6.23. The molecule has 0 aliphatic rings. The van der Waals surface area contributed by atoms with Crippen molar-refractivity contribution < 1.29 is 4.79 Å². The Bertz CT molecular complexity index is 214. The third-order valence-electron chi connectivity index (χ3n) is 2.41. The Hall–Kier alpha value is -0.830. The number of unbranched alkanes of at least 4 members (excludes halogenated alkanes) is 2. The Morgan fingerprint density at radius 3 is 2.44 bits per heavy atom. The van der Waals surface area contributed by atoms with Crippen LogP contribution in [0.25, 0.3) is 0 Å². The Morgan fingerprint density at radius 1 is 1.25 bits per heavy atom. The van der Waals surface area contributed by atoms with Crippen molar-refractivity contribution in [3.05, 3.63) is 12.2 Å². The third-order valence-corrected chi connectivity index (χ3v) is 2.41. The fourth-order valence-electron chi connectivity index (χ4n) is 1.52. The third kappa shape index (κ3) is 8.48. The highest BCUT2D eigenvalue weighted by molar-refractivity contribution is 5.77. The maximum absolute atomic E-state index is 11.6. The average Bonchev–Trinajstić information content (AvgIpc) is 2.23. The van der Waals surface area contributed by atoms with E-state index in [4.69, 9.17) is 0 Å². The first kappa shape index (κ1) is 15.2. The molecule has 0 aromatic heterocycles. The van der Waals surface area contributed by atoms with Crippen LogP contribution in [0.5, 0.6) is 0 Å². The van der Waals surface area contributed by atoms with E-state index in [-0.39, 0.29) is 5.91 Å². The number of carbonyl (C=O) groups excluding carboxylic acids is 1. The topological polar surface area (TPSA) is 32.3 Å². The Morgan fingerprint density at radius 2 is 1.94 bits per heavy atom. The van der Waals surface area contributed by atoms with Crippen molar-refractivity contribution in [3.8, 4) is 0 Å². The van der Waals surface area contributed by atoms with Gasteiger partial charge in [-0.05, 0) is 19.9 Å². The van der Waals surface area contributed by atoms with Crippen molar-refractivity contribution in [2.45, 2.75) is 40.0 Å². The minimum atomic E-state index is 0.124. The Kier molecular flexibility index (Phi) is 8.91. The Balaban J connectivity index is 3.70. The maximum atomic E-state index is 11.6. The molecule has 0 rings (SSSR count). The number of nitrogens with zero attached hydrogens (tertiary/aromatic N) is 1. The zero-order valence-electron chi connectivity index (χ0n) is 11.0. The van der Waals surface area contributed by atoms with E-state index in [0.717, 1.165) is 31.6 Å². The molecule has 0 radical (unpaired) electrons. The predicted octanol–water partition coefficient (Wildman–Crippen LogP) is 2.19. The highest BCUT2D eigenvalue weighted by Gasteiger charge is 2.07. The quantitative estimate of drug-likeness (QED) is 0.483. The SMILES string of the molecule is C=C(C)CN(CC)CC(=O)NCCCCC. The molecule has 0 unspecified atom stereocenters. The van der Waals surface area contributed by atoms with Gasteiger partial charge in [-0.2, -0.15) is 0 Å². The van der Waals surface area contributed by atoms with Gasteiger partial charge in [0, 0.05) is 13.1 Å². The van der Waals surface area contributed by atoms with Crippen LogP contribution in [0.1, 0.15) is 40.0 Å².